The summed E-state index contributed by atoms with van der Waals surface area (Å²) < 4.78 is 0. The molecule has 1 aromatic rings. The first-order valence-electron chi connectivity index (χ1n) is 5.89. The predicted octanol–water partition coefficient (Wildman–Crippen LogP) is 3.53. The van der Waals surface area contributed by atoms with Crippen LogP contribution in [0.3, 0.4) is 0 Å². The molecule has 0 aromatic heterocycles. The van der Waals surface area contributed by atoms with Gasteiger partial charge < -0.3 is 5.73 Å². The molecule has 2 unspecified atom stereocenters. The lowest BCUT2D eigenvalue weighted by atomic mass is 9.88. The third kappa shape index (κ3) is 3.07. The van der Waals surface area contributed by atoms with E-state index in [2.05, 4.69) is 45.9 Å². The Kier molecular flexibility index (Phi) is 4.34. The maximum Gasteiger partial charge on any atom is 0.0105 e. The van der Waals surface area contributed by atoms with E-state index in [1.165, 1.54) is 16.7 Å². The summed E-state index contributed by atoms with van der Waals surface area (Å²) in [7, 11) is 0. The molecule has 15 heavy (non-hydrogen) atoms. The Bertz CT molecular complexity index is 317. The van der Waals surface area contributed by atoms with E-state index in [0.29, 0.717) is 5.92 Å². The SMILES string of the molecule is CCCC(N)C(C)c1ccc(C)cc1C. The van der Waals surface area contributed by atoms with E-state index in [4.69, 9.17) is 5.73 Å². The molecule has 1 nitrogen and oxygen atoms in total. The molecule has 1 heteroatoms. The highest BCUT2D eigenvalue weighted by Crippen LogP contribution is 2.24. The Balaban J connectivity index is 2.86. The molecule has 84 valence electrons. The summed E-state index contributed by atoms with van der Waals surface area (Å²) in [4.78, 5) is 0. The molecule has 0 aliphatic rings. The van der Waals surface area contributed by atoms with Gasteiger partial charge in [-0.1, -0.05) is 44.0 Å². The summed E-state index contributed by atoms with van der Waals surface area (Å²) in [6, 6.07) is 6.93. The molecule has 2 N–H and O–H groups in total. The summed E-state index contributed by atoms with van der Waals surface area (Å²) in [5, 5.41) is 0. The third-order valence-corrected chi connectivity index (χ3v) is 3.18. The summed E-state index contributed by atoms with van der Waals surface area (Å²) in [5.74, 6) is 0.463. The average molecular weight is 205 g/mol. The van der Waals surface area contributed by atoms with Crippen LogP contribution in [-0.4, -0.2) is 6.04 Å². The van der Waals surface area contributed by atoms with Gasteiger partial charge >= 0.3 is 0 Å². The van der Waals surface area contributed by atoms with Crippen molar-refractivity contribution in [1.82, 2.24) is 0 Å². The zero-order chi connectivity index (χ0) is 11.4. The fourth-order valence-electron chi connectivity index (χ4n) is 2.15. The summed E-state index contributed by atoms with van der Waals surface area (Å²) in [6.45, 7) is 8.73. The van der Waals surface area contributed by atoms with Gasteiger partial charge in [0, 0.05) is 6.04 Å². The Morgan fingerprint density at radius 1 is 1.27 bits per heavy atom. The first-order chi connectivity index (χ1) is 7.06. The predicted molar refractivity (Wildman–Crippen MR) is 67.2 cm³/mol. The minimum atomic E-state index is 0.288. The molecule has 0 amide bonds. The van der Waals surface area contributed by atoms with E-state index in [0.717, 1.165) is 12.8 Å². The molecule has 0 bridgehead atoms. The van der Waals surface area contributed by atoms with Crippen molar-refractivity contribution in [2.45, 2.75) is 52.5 Å². The van der Waals surface area contributed by atoms with Crippen LogP contribution < -0.4 is 5.73 Å². The number of benzene rings is 1. The molecule has 0 radical (unpaired) electrons. The smallest absolute Gasteiger partial charge is 0.0105 e. The molecule has 0 spiro atoms. The van der Waals surface area contributed by atoms with Gasteiger partial charge in [-0.2, -0.15) is 0 Å². The monoisotopic (exact) mass is 205 g/mol. The molecule has 0 saturated heterocycles. The maximum absolute atomic E-state index is 6.17. The van der Waals surface area contributed by atoms with Gasteiger partial charge in [-0.3, -0.25) is 0 Å². The maximum atomic E-state index is 6.17. The number of rotatable bonds is 4. The van der Waals surface area contributed by atoms with Crippen molar-refractivity contribution in [2.24, 2.45) is 5.73 Å². The van der Waals surface area contributed by atoms with Crippen LogP contribution in [0.4, 0.5) is 0 Å². The Morgan fingerprint density at radius 3 is 2.47 bits per heavy atom. The van der Waals surface area contributed by atoms with Crippen LogP contribution in [0.15, 0.2) is 18.2 Å². The van der Waals surface area contributed by atoms with Gasteiger partial charge in [-0.05, 0) is 37.3 Å². The normalized spacial score (nSPS) is 15.0. The molecule has 0 heterocycles. The summed E-state index contributed by atoms with van der Waals surface area (Å²) in [6.07, 6.45) is 2.27. The van der Waals surface area contributed by atoms with Crippen molar-refractivity contribution in [3.05, 3.63) is 34.9 Å². The number of aryl methyl sites for hydroxylation is 2. The van der Waals surface area contributed by atoms with E-state index < -0.39 is 0 Å². The van der Waals surface area contributed by atoms with Crippen LogP contribution in [0.2, 0.25) is 0 Å². The number of hydrogen-bond donors (Lipinski definition) is 1. The van der Waals surface area contributed by atoms with Gasteiger partial charge in [0.1, 0.15) is 0 Å². The lowest BCUT2D eigenvalue weighted by Gasteiger charge is -2.21. The number of hydrogen-bond acceptors (Lipinski definition) is 1. The average Bonchev–Trinajstić information content (AvgIpc) is 2.17. The zero-order valence-electron chi connectivity index (χ0n) is 10.4. The van der Waals surface area contributed by atoms with E-state index in [1.807, 2.05) is 0 Å². The van der Waals surface area contributed by atoms with Crippen LogP contribution in [0, 0.1) is 13.8 Å². The fraction of sp³-hybridized carbons (Fsp3) is 0.571. The molecular formula is C14H23N. The van der Waals surface area contributed by atoms with Crippen molar-refractivity contribution in [1.29, 1.82) is 0 Å². The first kappa shape index (κ1) is 12.3. The minimum absolute atomic E-state index is 0.288. The Morgan fingerprint density at radius 2 is 1.93 bits per heavy atom. The second-order valence-corrected chi connectivity index (χ2v) is 4.60. The second kappa shape index (κ2) is 5.32. The highest BCUT2D eigenvalue weighted by molar-refractivity contribution is 5.33. The van der Waals surface area contributed by atoms with Crippen molar-refractivity contribution >= 4 is 0 Å². The van der Waals surface area contributed by atoms with Crippen molar-refractivity contribution in [2.75, 3.05) is 0 Å². The lowest BCUT2D eigenvalue weighted by Crippen LogP contribution is -2.26. The second-order valence-electron chi connectivity index (χ2n) is 4.60. The Hall–Kier alpha value is -0.820. The van der Waals surface area contributed by atoms with Gasteiger partial charge in [0.15, 0.2) is 0 Å². The molecule has 0 saturated carbocycles. The summed E-state index contributed by atoms with van der Waals surface area (Å²) >= 11 is 0. The zero-order valence-corrected chi connectivity index (χ0v) is 10.4. The topological polar surface area (TPSA) is 26.0 Å². The molecule has 0 aliphatic carbocycles. The minimum Gasteiger partial charge on any atom is -0.327 e. The van der Waals surface area contributed by atoms with Crippen LogP contribution in [0.1, 0.15) is 49.3 Å². The largest absolute Gasteiger partial charge is 0.327 e. The molecule has 1 aromatic carbocycles. The first-order valence-corrected chi connectivity index (χ1v) is 5.89. The highest BCUT2D eigenvalue weighted by Gasteiger charge is 2.15. The van der Waals surface area contributed by atoms with Crippen molar-refractivity contribution in [3.8, 4) is 0 Å². The van der Waals surface area contributed by atoms with E-state index in [9.17, 15) is 0 Å². The van der Waals surface area contributed by atoms with E-state index in [-0.39, 0.29) is 6.04 Å². The van der Waals surface area contributed by atoms with Gasteiger partial charge in [0.25, 0.3) is 0 Å². The Labute approximate surface area is 93.7 Å². The summed E-state index contributed by atoms with van der Waals surface area (Å²) in [5.41, 5.74) is 10.3. The van der Waals surface area contributed by atoms with Gasteiger partial charge in [0.2, 0.25) is 0 Å². The van der Waals surface area contributed by atoms with E-state index >= 15 is 0 Å². The van der Waals surface area contributed by atoms with Crippen LogP contribution in [0.25, 0.3) is 0 Å². The van der Waals surface area contributed by atoms with Crippen molar-refractivity contribution < 1.29 is 0 Å². The van der Waals surface area contributed by atoms with Gasteiger partial charge in [-0.15, -0.1) is 0 Å². The lowest BCUT2D eigenvalue weighted by molar-refractivity contribution is 0.521. The van der Waals surface area contributed by atoms with Gasteiger partial charge in [-0.25, -0.2) is 0 Å². The molecule has 0 fully saturated rings. The van der Waals surface area contributed by atoms with E-state index in [1.54, 1.807) is 0 Å². The van der Waals surface area contributed by atoms with Gasteiger partial charge in [0.05, 0.1) is 0 Å². The quantitative estimate of drug-likeness (QED) is 0.799. The van der Waals surface area contributed by atoms with Crippen LogP contribution >= 0.6 is 0 Å². The standard InChI is InChI=1S/C14H23N/c1-5-6-14(15)12(4)13-8-7-10(2)9-11(13)3/h7-9,12,14H,5-6,15H2,1-4H3. The molecule has 1 rings (SSSR count). The number of nitrogens with two attached hydrogens (primary N) is 1. The molecular weight excluding hydrogens is 182 g/mol. The molecule has 2 atom stereocenters. The fourth-order valence-corrected chi connectivity index (χ4v) is 2.15. The van der Waals surface area contributed by atoms with Crippen LogP contribution in [-0.2, 0) is 0 Å². The van der Waals surface area contributed by atoms with Crippen LogP contribution in [0.5, 0.6) is 0 Å². The third-order valence-electron chi connectivity index (χ3n) is 3.18. The van der Waals surface area contributed by atoms with Crippen molar-refractivity contribution in [3.63, 3.8) is 0 Å². The molecule has 0 aliphatic heterocycles. The highest BCUT2D eigenvalue weighted by atomic mass is 14.6.